The van der Waals surface area contributed by atoms with E-state index in [0.717, 1.165) is 12.8 Å². The van der Waals surface area contributed by atoms with Gasteiger partial charge in [0.2, 0.25) is 0 Å². The molecule has 0 fully saturated rings. The third kappa shape index (κ3) is 2.07. The largest absolute Gasteiger partial charge is 0.327 e. The zero-order chi connectivity index (χ0) is 9.97. The Labute approximate surface area is 93.1 Å². The van der Waals surface area contributed by atoms with Crippen molar-refractivity contribution in [3.8, 4) is 0 Å². The van der Waals surface area contributed by atoms with Crippen LogP contribution in [0.2, 0.25) is 0 Å². The summed E-state index contributed by atoms with van der Waals surface area (Å²) in [5.74, 6) is 0. The van der Waals surface area contributed by atoms with Crippen LogP contribution in [0, 0.1) is 0 Å². The van der Waals surface area contributed by atoms with Crippen molar-refractivity contribution >= 4 is 15.9 Å². The van der Waals surface area contributed by atoms with E-state index in [1.54, 1.807) is 0 Å². The average Bonchev–Trinajstić information content (AvgIpc) is 2.19. The van der Waals surface area contributed by atoms with E-state index in [-0.39, 0.29) is 0 Å². The summed E-state index contributed by atoms with van der Waals surface area (Å²) in [7, 11) is 0. The molecule has 0 amide bonds. The van der Waals surface area contributed by atoms with Crippen LogP contribution in [0.25, 0.3) is 0 Å². The lowest BCUT2D eigenvalue weighted by molar-refractivity contribution is 0.829. The Hall–Kier alpha value is -0.600. The standard InChI is InChI=1S/C12H14BrN/c13-12-4-3-10-7-9(5-6-14)1-2-11(10)8-12/h3-5,8H,1-2,6-7,14H2. The van der Waals surface area contributed by atoms with Crippen LogP contribution in [0.1, 0.15) is 17.5 Å². The monoisotopic (exact) mass is 251 g/mol. The molecule has 2 rings (SSSR count). The van der Waals surface area contributed by atoms with E-state index in [1.165, 1.54) is 27.6 Å². The maximum Gasteiger partial charge on any atom is 0.0178 e. The second kappa shape index (κ2) is 4.28. The van der Waals surface area contributed by atoms with Gasteiger partial charge in [0.25, 0.3) is 0 Å². The summed E-state index contributed by atoms with van der Waals surface area (Å²) in [6.45, 7) is 0.668. The van der Waals surface area contributed by atoms with Gasteiger partial charge in [0.1, 0.15) is 0 Å². The first-order chi connectivity index (χ1) is 6.79. The number of benzene rings is 1. The molecule has 0 unspecified atom stereocenters. The minimum absolute atomic E-state index is 0.668. The van der Waals surface area contributed by atoms with Gasteiger partial charge >= 0.3 is 0 Å². The molecule has 0 saturated carbocycles. The van der Waals surface area contributed by atoms with Gasteiger partial charge in [-0.25, -0.2) is 0 Å². The molecular formula is C12H14BrN. The molecule has 1 nitrogen and oxygen atoms in total. The lowest BCUT2D eigenvalue weighted by Crippen LogP contribution is -2.07. The normalized spacial score (nSPS) is 18.3. The molecule has 0 bridgehead atoms. The minimum Gasteiger partial charge on any atom is -0.327 e. The first kappa shape index (κ1) is 9.94. The van der Waals surface area contributed by atoms with Gasteiger partial charge in [-0.15, -0.1) is 0 Å². The summed E-state index contributed by atoms with van der Waals surface area (Å²) >= 11 is 3.50. The fourth-order valence-electron chi connectivity index (χ4n) is 1.97. The molecule has 1 aromatic rings. The van der Waals surface area contributed by atoms with Crippen molar-refractivity contribution in [2.45, 2.75) is 19.3 Å². The van der Waals surface area contributed by atoms with Gasteiger partial charge in [0.05, 0.1) is 0 Å². The molecule has 0 aromatic heterocycles. The number of allylic oxidation sites excluding steroid dienone is 1. The number of nitrogens with two attached hydrogens (primary N) is 1. The lowest BCUT2D eigenvalue weighted by atomic mass is 9.88. The maximum absolute atomic E-state index is 5.52. The van der Waals surface area contributed by atoms with Gasteiger partial charge in [0.15, 0.2) is 0 Å². The van der Waals surface area contributed by atoms with Gasteiger partial charge < -0.3 is 5.73 Å². The molecule has 2 N–H and O–H groups in total. The average molecular weight is 252 g/mol. The molecule has 0 saturated heterocycles. The van der Waals surface area contributed by atoms with Gasteiger partial charge in [0, 0.05) is 11.0 Å². The molecule has 1 aromatic carbocycles. The van der Waals surface area contributed by atoms with E-state index in [0.29, 0.717) is 6.54 Å². The lowest BCUT2D eigenvalue weighted by Gasteiger charge is -2.18. The highest BCUT2D eigenvalue weighted by Gasteiger charge is 2.12. The number of hydrogen-bond acceptors (Lipinski definition) is 1. The zero-order valence-electron chi connectivity index (χ0n) is 8.09. The number of fused-ring (bicyclic) bond motifs is 1. The van der Waals surface area contributed by atoms with Gasteiger partial charge in [-0.2, -0.15) is 0 Å². The van der Waals surface area contributed by atoms with E-state index in [2.05, 4.69) is 40.2 Å². The molecule has 74 valence electrons. The van der Waals surface area contributed by atoms with Crippen LogP contribution in [0.4, 0.5) is 0 Å². The molecule has 0 atom stereocenters. The Morgan fingerprint density at radius 2 is 2.14 bits per heavy atom. The van der Waals surface area contributed by atoms with Crippen LogP contribution in [-0.2, 0) is 12.8 Å². The van der Waals surface area contributed by atoms with Crippen molar-refractivity contribution in [3.63, 3.8) is 0 Å². The van der Waals surface area contributed by atoms with Crippen molar-refractivity contribution in [1.82, 2.24) is 0 Å². The molecule has 0 heterocycles. The molecule has 0 spiro atoms. The SMILES string of the molecule is NCC=C1CCc2cc(Br)ccc2C1. The quantitative estimate of drug-likeness (QED) is 0.764. The first-order valence-corrected chi connectivity index (χ1v) is 5.74. The Morgan fingerprint density at radius 3 is 2.93 bits per heavy atom. The van der Waals surface area contributed by atoms with Gasteiger partial charge in [-0.05, 0) is 42.5 Å². The van der Waals surface area contributed by atoms with Crippen molar-refractivity contribution in [3.05, 3.63) is 45.4 Å². The van der Waals surface area contributed by atoms with Crippen molar-refractivity contribution in [2.75, 3.05) is 6.54 Å². The number of aryl methyl sites for hydroxylation is 1. The van der Waals surface area contributed by atoms with Crippen molar-refractivity contribution in [2.24, 2.45) is 5.73 Å². The van der Waals surface area contributed by atoms with Crippen LogP contribution in [0.5, 0.6) is 0 Å². The molecule has 0 aliphatic heterocycles. The summed E-state index contributed by atoms with van der Waals surface area (Å²) in [6, 6.07) is 6.56. The van der Waals surface area contributed by atoms with E-state index >= 15 is 0 Å². The highest BCUT2D eigenvalue weighted by atomic mass is 79.9. The van der Waals surface area contributed by atoms with E-state index in [9.17, 15) is 0 Å². The van der Waals surface area contributed by atoms with E-state index < -0.39 is 0 Å². The highest BCUT2D eigenvalue weighted by Crippen LogP contribution is 2.27. The smallest absolute Gasteiger partial charge is 0.0178 e. The number of hydrogen-bond donors (Lipinski definition) is 1. The van der Waals surface area contributed by atoms with Crippen molar-refractivity contribution < 1.29 is 0 Å². The Kier molecular flexibility index (Phi) is 3.04. The zero-order valence-corrected chi connectivity index (χ0v) is 9.68. The number of rotatable bonds is 1. The summed E-state index contributed by atoms with van der Waals surface area (Å²) in [5.41, 5.74) is 9.95. The van der Waals surface area contributed by atoms with E-state index in [1.807, 2.05) is 0 Å². The Bertz CT molecular complexity index is 369. The summed E-state index contributed by atoms with van der Waals surface area (Å²) < 4.78 is 1.18. The minimum atomic E-state index is 0.668. The number of halogens is 1. The summed E-state index contributed by atoms with van der Waals surface area (Å²) in [4.78, 5) is 0. The molecule has 1 aliphatic carbocycles. The molecule has 0 radical (unpaired) electrons. The molecular weight excluding hydrogens is 238 g/mol. The van der Waals surface area contributed by atoms with Crippen LogP contribution in [0.3, 0.4) is 0 Å². The topological polar surface area (TPSA) is 26.0 Å². The van der Waals surface area contributed by atoms with Crippen LogP contribution >= 0.6 is 15.9 Å². The third-order valence-corrected chi connectivity index (χ3v) is 3.20. The summed E-state index contributed by atoms with van der Waals surface area (Å²) in [6.07, 6.45) is 5.56. The van der Waals surface area contributed by atoms with E-state index in [4.69, 9.17) is 5.73 Å². The van der Waals surface area contributed by atoms with Crippen LogP contribution in [-0.4, -0.2) is 6.54 Å². The van der Waals surface area contributed by atoms with Crippen LogP contribution < -0.4 is 5.73 Å². The first-order valence-electron chi connectivity index (χ1n) is 4.95. The summed E-state index contributed by atoms with van der Waals surface area (Å²) in [5, 5.41) is 0. The fraction of sp³-hybridized carbons (Fsp3) is 0.333. The second-order valence-corrected chi connectivity index (χ2v) is 4.60. The van der Waals surface area contributed by atoms with Gasteiger partial charge in [-0.1, -0.05) is 33.6 Å². The third-order valence-electron chi connectivity index (χ3n) is 2.71. The predicted molar refractivity (Wildman–Crippen MR) is 63.3 cm³/mol. The molecule has 2 heteroatoms. The highest BCUT2D eigenvalue weighted by molar-refractivity contribution is 9.10. The molecule has 14 heavy (non-hydrogen) atoms. The maximum atomic E-state index is 5.52. The Morgan fingerprint density at radius 1 is 1.29 bits per heavy atom. The van der Waals surface area contributed by atoms with Crippen LogP contribution in [0.15, 0.2) is 34.3 Å². The second-order valence-electron chi connectivity index (χ2n) is 3.69. The fourth-order valence-corrected chi connectivity index (χ4v) is 2.38. The van der Waals surface area contributed by atoms with Gasteiger partial charge in [-0.3, -0.25) is 0 Å². The predicted octanol–water partition coefficient (Wildman–Crippen LogP) is 2.82. The Balaban J connectivity index is 2.27. The van der Waals surface area contributed by atoms with Crippen molar-refractivity contribution in [1.29, 1.82) is 0 Å². The molecule has 1 aliphatic rings.